The maximum absolute atomic E-state index is 13.7. The van der Waals surface area contributed by atoms with Gasteiger partial charge in [-0.1, -0.05) is 60.7 Å². The quantitative estimate of drug-likeness (QED) is 0.331. The fourth-order valence-corrected chi connectivity index (χ4v) is 5.38. The minimum atomic E-state index is -0.981. The van der Waals surface area contributed by atoms with Crippen LogP contribution in [0.25, 0.3) is 0 Å². The minimum Gasteiger partial charge on any atom is -0.497 e. The maximum atomic E-state index is 13.7. The number of rotatable bonds is 8. The molecule has 3 aromatic rings. The first kappa shape index (κ1) is 21.5. The summed E-state index contributed by atoms with van der Waals surface area (Å²) in [5, 5.41) is 0. The molecule has 0 unspecified atom stereocenters. The van der Waals surface area contributed by atoms with Crippen LogP contribution in [-0.4, -0.2) is 24.1 Å². The number of nitrogens with zero attached hydrogens (tertiary/aromatic N) is 1. The lowest BCUT2D eigenvalue weighted by atomic mass is 9.88. The summed E-state index contributed by atoms with van der Waals surface area (Å²) < 4.78 is 11.7. The van der Waals surface area contributed by atoms with E-state index in [1.807, 2.05) is 79.4 Å². The molecule has 0 spiro atoms. The lowest BCUT2D eigenvalue weighted by Gasteiger charge is -2.55. The molecule has 1 amide bonds. The number of thioether (sulfide) groups is 1. The summed E-state index contributed by atoms with van der Waals surface area (Å²) in [4.78, 5) is 14.6. The minimum absolute atomic E-state index is 0.0267. The normalized spacial score (nSPS) is 20.6. The predicted octanol–water partition coefficient (Wildman–Crippen LogP) is 5.84. The van der Waals surface area contributed by atoms with Gasteiger partial charge in [0.25, 0.3) is 5.91 Å². The zero-order chi connectivity index (χ0) is 21.8. The van der Waals surface area contributed by atoms with E-state index in [2.05, 4.69) is 24.3 Å². The molecule has 3 aromatic carbocycles. The lowest BCUT2D eigenvalue weighted by Crippen LogP contribution is -2.69. The summed E-state index contributed by atoms with van der Waals surface area (Å²) in [7, 11) is 1.64. The smallest absolute Gasteiger partial charge is 0.273 e. The van der Waals surface area contributed by atoms with Crippen LogP contribution >= 0.6 is 11.8 Å². The molecule has 160 valence electrons. The topological polar surface area (TPSA) is 38.8 Å². The average molecular weight is 434 g/mol. The Morgan fingerprint density at radius 1 is 0.935 bits per heavy atom. The molecular weight excluding hydrogens is 406 g/mol. The molecule has 0 aliphatic carbocycles. The third-order valence-corrected chi connectivity index (χ3v) is 6.71. The number of anilines is 1. The highest BCUT2D eigenvalue weighted by atomic mass is 32.2. The van der Waals surface area contributed by atoms with Gasteiger partial charge in [0.1, 0.15) is 11.8 Å². The van der Waals surface area contributed by atoms with Gasteiger partial charge in [-0.15, -0.1) is 11.8 Å². The first-order chi connectivity index (χ1) is 15.0. The summed E-state index contributed by atoms with van der Waals surface area (Å²) in [6, 6.07) is 27.7. The average Bonchev–Trinajstić information content (AvgIpc) is 2.81. The van der Waals surface area contributed by atoms with Crippen molar-refractivity contribution in [3.8, 4) is 5.75 Å². The van der Waals surface area contributed by atoms with Crippen LogP contribution in [-0.2, 0) is 15.3 Å². The van der Waals surface area contributed by atoms with Crippen molar-refractivity contribution in [2.24, 2.45) is 0 Å². The van der Waals surface area contributed by atoms with Gasteiger partial charge in [-0.2, -0.15) is 0 Å². The van der Waals surface area contributed by atoms with Crippen LogP contribution in [0.5, 0.6) is 5.75 Å². The molecule has 0 N–H and O–H groups in total. The highest BCUT2D eigenvalue weighted by Gasteiger charge is 2.64. The van der Waals surface area contributed by atoms with Crippen molar-refractivity contribution in [3.05, 3.63) is 96.1 Å². The molecule has 5 heteroatoms. The molecule has 1 saturated heterocycles. The Labute approximate surface area is 188 Å². The van der Waals surface area contributed by atoms with Crippen molar-refractivity contribution in [3.63, 3.8) is 0 Å². The molecule has 4 rings (SSSR count). The van der Waals surface area contributed by atoms with Crippen molar-refractivity contribution in [1.82, 2.24) is 0 Å². The molecular formula is C26H27NO3S. The van der Waals surface area contributed by atoms with Gasteiger partial charge in [-0.25, -0.2) is 0 Å². The van der Waals surface area contributed by atoms with E-state index in [-0.39, 0.29) is 18.1 Å². The van der Waals surface area contributed by atoms with E-state index in [1.54, 1.807) is 18.9 Å². The number of methoxy groups -OCH3 is 1. The van der Waals surface area contributed by atoms with E-state index in [0.717, 1.165) is 17.0 Å². The summed E-state index contributed by atoms with van der Waals surface area (Å²) in [6.45, 7) is 3.96. The number of β-lactam (4-membered cyclic amide) rings is 1. The molecule has 1 aliphatic rings. The third-order valence-electron chi connectivity index (χ3n) is 5.31. The van der Waals surface area contributed by atoms with Crippen LogP contribution in [0.15, 0.2) is 84.9 Å². The van der Waals surface area contributed by atoms with Gasteiger partial charge in [-0.3, -0.25) is 9.69 Å². The zero-order valence-corrected chi connectivity index (χ0v) is 18.8. The molecule has 4 nitrogen and oxygen atoms in total. The fraction of sp³-hybridized carbons (Fsp3) is 0.269. The van der Waals surface area contributed by atoms with E-state index < -0.39 is 4.93 Å². The van der Waals surface area contributed by atoms with Crippen LogP contribution in [0.1, 0.15) is 31.0 Å². The van der Waals surface area contributed by atoms with Gasteiger partial charge < -0.3 is 9.47 Å². The SMILES string of the molecule is COc1ccc(N2C(=O)[C@@](OC(C)C)(SCc3ccccc3)[C@H]2c2ccccc2)cc1. The number of amides is 1. The number of benzene rings is 3. The van der Waals surface area contributed by atoms with E-state index in [0.29, 0.717) is 5.75 Å². The van der Waals surface area contributed by atoms with Crippen molar-refractivity contribution >= 4 is 23.4 Å². The molecule has 0 bridgehead atoms. The monoisotopic (exact) mass is 433 g/mol. The highest BCUT2D eigenvalue weighted by molar-refractivity contribution is 8.00. The number of hydrogen-bond donors (Lipinski definition) is 0. The van der Waals surface area contributed by atoms with Crippen LogP contribution in [0.2, 0.25) is 0 Å². The van der Waals surface area contributed by atoms with Gasteiger partial charge in [0.2, 0.25) is 4.93 Å². The van der Waals surface area contributed by atoms with Gasteiger partial charge in [0, 0.05) is 11.4 Å². The molecule has 1 aliphatic heterocycles. The molecule has 1 heterocycles. The van der Waals surface area contributed by atoms with Gasteiger partial charge in [-0.05, 0) is 49.2 Å². The van der Waals surface area contributed by atoms with Crippen LogP contribution in [0.4, 0.5) is 5.69 Å². The summed E-state index contributed by atoms with van der Waals surface area (Å²) >= 11 is 1.57. The van der Waals surface area contributed by atoms with Gasteiger partial charge in [0.05, 0.1) is 13.2 Å². The molecule has 31 heavy (non-hydrogen) atoms. The number of carbonyl (C=O) groups is 1. The van der Waals surface area contributed by atoms with Crippen molar-refractivity contribution in [1.29, 1.82) is 0 Å². The van der Waals surface area contributed by atoms with E-state index in [9.17, 15) is 4.79 Å². The predicted molar refractivity (Wildman–Crippen MR) is 126 cm³/mol. The van der Waals surface area contributed by atoms with E-state index in [4.69, 9.17) is 9.47 Å². The Balaban J connectivity index is 1.73. The zero-order valence-electron chi connectivity index (χ0n) is 18.0. The lowest BCUT2D eigenvalue weighted by molar-refractivity contribution is -0.152. The number of hydrogen-bond acceptors (Lipinski definition) is 4. The molecule has 0 saturated carbocycles. The third kappa shape index (κ3) is 4.21. The standard InChI is InChI=1S/C26H27NO3S/c1-19(2)30-26(31-18-20-10-6-4-7-11-20)24(21-12-8-5-9-13-21)27(25(26)28)22-14-16-23(29-3)17-15-22/h4-17,19,24H,18H2,1-3H3/t24-,26+/m1/s1. The van der Waals surface area contributed by atoms with E-state index in [1.165, 1.54) is 5.56 Å². The van der Waals surface area contributed by atoms with Gasteiger partial charge >= 0.3 is 0 Å². The van der Waals surface area contributed by atoms with Crippen molar-refractivity contribution < 1.29 is 14.3 Å². The summed E-state index contributed by atoms with van der Waals surface area (Å²) in [6.07, 6.45) is -0.0866. The number of ether oxygens (including phenoxy) is 2. The first-order valence-corrected chi connectivity index (χ1v) is 11.4. The summed E-state index contributed by atoms with van der Waals surface area (Å²) in [5.74, 6) is 1.43. The fourth-order valence-electron chi connectivity index (χ4n) is 3.92. The second-order valence-electron chi connectivity index (χ2n) is 7.79. The Morgan fingerprint density at radius 3 is 2.13 bits per heavy atom. The Kier molecular flexibility index (Phi) is 6.35. The van der Waals surface area contributed by atoms with Crippen LogP contribution in [0, 0.1) is 0 Å². The maximum Gasteiger partial charge on any atom is 0.273 e. The van der Waals surface area contributed by atoms with Crippen molar-refractivity contribution in [2.45, 2.75) is 36.7 Å². The molecule has 0 aromatic heterocycles. The molecule has 0 radical (unpaired) electrons. The Morgan fingerprint density at radius 2 is 1.55 bits per heavy atom. The summed E-state index contributed by atoms with van der Waals surface area (Å²) in [5.41, 5.74) is 3.06. The second-order valence-corrected chi connectivity index (χ2v) is 8.98. The van der Waals surface area contributed by atoms with Crippen molar-refractivity contribution in [2.75, 3.05) is 12.0 Å². The largest absolute Gasteiger partial charge is 0.497 e. The number of carbonyl (C=O) groups excluding carboxylic acids is 1. The molecule has 1 fully saturated rings. The molecule has 2 atom stereocenters. The Hall–Kier alpha value is -2.76. The second kappa shape index (κ2) is 9.16. The highest BCUT2D eigenvalue weighted by Crippen LogP contribution is 2.55. The van der Waals surface area contributed by atoms with Gasteiger partial charge in [0.15, 0.2) is 0 Å². The van der Waals surface area contributed by atoms with E-state index >= 15 is 0 Å². The first-order valence-electron chi connectivity index (χ1n) is 10.4. The van der Waals surface area contributed by atoms with Crippen LogP contribution < -0.4 is 9.64 Å². The Bertz CT molecular complexity index is 1010. The van der Waals surface area contributed by atoms with Crippen LogP contribution in [0.3, 0.4) is 0 Å².